The third kappa shape index (κ3) is 5.19. The van der Waals surface area contributed by atoms with Crippen LogP contribution in [-0.2, 0) is 16.0 Å². The first kappa shape index (κ1) is 18.2. The van der Waals surface area contributed by atoms with Gasteiger partial charge in [0.05, 0.1) is 12.6 Å². The van der Waals surface area contributed by atoms with Gasteiger partial charge in [0.25, 0.3) is 0 Å². The predicted molar refractivity (Wildman–Crippen MR) is 103 cm³/mol. The highest BCUT2D eigenvalue weighted by Crippen LogP contribution is 2.19. The van der Waals surface area contributed by atoms with Crippen molar-refractivity contribution in [3.63, 3.8) is 0 Å². The van der Waals surface area contributed by atoms with Crippen molar-refractivity contribution < 1.29 is 9.59 Å². The quantitative estimate of drug-likeness (QED) is 0.867. The van der Waals surface area contributed by atoms with Gasteiger partial charge in [-0.05, 0) is 30.4 Å². The zero-order valence-corrected chi connectivity index (χ0v) is 15.1. The van der Waals surface area contributed by atoms with Gasteiger partial charge >= 0.3 is 0 Å². The molecule has 3 rings (SSSR count). The Morgan fingerprint density at radius 3 is 2.38 bits per heavy atom. The van der Waals surface area contributed by atoms with Crippen molar-refractivity contribution in [2.24, 2.45) is 0 Å². The highest BCUT2D eigenvalue weighted by Gasteiger charge is 2.21. The topological polar surface area (TPSA) is 49.4 Å². The number of benzene rings is 2. The van der Waals surface area contributed by atoms with E-state index in [1.807, 2.05) is 48.5 Å². The fourth-order valence-corrected chi connectivity index (χ4v) is 3.41. The van der Waals surface area contributed by atoms with Crippen LogP contribution in [0.4, 0.5) is 0 Å². The largest absolute Gasteiger partial charge is 0.347 e. The Balaban J connectivity index is 1.68. The van der Waals surface area contributed by atoms with E-state index in [1.54, 1.807) is 4.90 Å². The molecule has 136 valence electrons. The standard InChI is InChI=1S/C22H26N2O2/c25-21(17-24-15-9-3-8-14-22(24)26)23-20(19-12-6-2-7-13-19)16-18-10-4-1-5-11-18/h1-2,4-7,10-13,20H,3,8-9,14-17H2,(H,23,25). The number of carbonyl (C=O) groups excluding carboxylic acids is 2. The molecule has 1 heterocycles. The second-order valence-electron chi connectivity index (χ2n) is 6.85. The molecule has 0 saturated carbocycles. The third-order valence-corrected chi connectivity index (χ3v) is 4.83. The van der Waals surface area contributed by atoms with Crippen LogP contribution in [0.2, 0.25) is 0 Å². The molecule has 0 bridgehead atoms. The number of nitrogens with zero attached hydrogens (tertiary/aromatic N) is 1. The lowest BCUT2D eigenvalue weighted by Crippen LogP contribution is -2.42. The molecule has 0 aromatic heterocycles. The van der Waals surface area contributed by atoms with Crippen molar-refractivity contribution in [2.75, 3.05) is 13.1 Å². The van der Waals surface area contributed by atoms with E-state index in [9.17, 15) is 9.59 Å². The molecular weight excluding hydrogens is 324 g/mol. The summed E-state index contributed by atoms with van der Waals surface area (Å²) in [6.45, 7) is 0.831. The van der Waals surface area contributed by atoms with E-state index in [0.29, 0.717) is 13.0 Å². The van der Waals surface area contributed by atoms with Gasteiger partial charge in [0.1, 0.15) is 0 Å². The maximum absolute atomic E-state index is 12.6. The molecule has 4 nitrogen and oxygen atoms in total. The molecule has 1 unspecified atom stereocenters. The first-order chi connectivity index (χ1) is 12.7. The third-order valence-electron chi connectivity index (χ3n) is 4.83. The van der Waals surface area contributed by atoms with E-state index in [2.05, 4.69) is 17.4 Å². The second-order valence-corrected chi connectivity index (χ2v) is 6.85. The van der Waals surface area contributed by atoms with Gasteiger partial charge in [0.2, 0.25) is 11.8 Å². The van der Waals surface area contributed by atoms with Gasteiger partial charge in [-0.1, -0.05) is 67.1 Å². The van der Waals surface area contributed by atoms with Gasteiger partial charge in [0.15, 0.2) is 0 Å². The molecule has 1 atom stereocenters. The molecule has 0 aliphatic carbocycles. The van der Waals surface area contributed by atoms with Crippen molar-refractivity contribution in [3.8, 4) is 0 Å². The summed E-state index contributed by atoms with van der Waals surface area (Å²) in [5, 5.41) is 3.14. The summed E-state index contributed by atoms with van der Waals surface area (Å²) in [6, 6.07) is 20.1. The van der Waals surface area contributed by atoms with Crippen LogP contribution in [0.15, 0.2) is 60.7 Å². The molecule has 1 saturated heterocycles. The minimum absolute atomic E-state index is 0.0926. The number of amides is 2. The van der Waals surface area contributed by atoms with Crippen molar-refractivity contribution in [1.29, 1.82) is 0 Å². The van der Waals surface area contributed by atoms with E-state index in [4.69, 9.17) is 0 Å². The highest BCUT2D eigenvalue weighted by atomic mass is 16.2. The Morgan fingerprint density at radius 1 is 0.962 bits per heavy atom. The smallest absolute Gasteiger partial charge is 0.240 e. The van der Waals surface area contributed by atoms with Gasteiger partial charge in [-0.25, -0.2) is 0 Å². The van der Waals surface area contributed by atoms with Crippen molar-refractivity contribution in [1.82, 2.24) is 10.2 Å². The zero-order chi connectivity index (χ0) is 18.2. The van der Waals surface area contributed by atoms with Crippen molar-refractivity contribution in [2.45, 2.75) is 38.1 Å². The average Bonchev–Trinajstić information content (AvgIpc) is 2.87. The predicted octanol–water partition coefficient (Wildman–Crippen LogP) is 3.49. The molecule has 26 heavy (non-hydrogen) atoms. The van der Waals surface area contributed by atoms with Crippen LogP contribution < -0.4 is 5.32 Å². The fourth-order valence-electron chi connectivity index (χ4n) is 3.41. The highest BCUT2D eigenvalue weighted by molar-refractivity contribution is 5.85. The minimum atomic E-state index is -0.104. The fraction of sp³-hybridized carbons (Fsp3) is 0.364. The summed E-state index contributed by atoms with van der Waals surface area (Å²) in [5.41, 5.74) is 2.25. The van der Waals surface area contributed by atoms with Gasteiger partial charge in [0, 0.05) is 13.0 Å². The Bertz CT molecular complexity index is 715. The summed E-state index contributed by atoms with van der Waals surface area (Å²) in [4.78, 5) is 26.5. The normalized spacial score (nSPS) is 16.0. The van der Waals surface area contributed by atoms with E-state index in [0.717, 1.165) is 31.2 Å². The van der Waals surface area contributed by atoms with Gasteiger partial charge < -0.3 is 10.2 Å². The Kier molecular flexibility index (Phi) is 6.42. The lowest BCUT2D eigenvalue weighted by atomic mass is 9.99. The van der Waals surface area contributed by atoms with Crippen molar-refractivity contribution in [3.05, 3.63) is 71.8 Å². The van der Waals surface area contributed by atoms with Crippen LogP contribution in [0.1, 0.15) is 42.9 Å². The van der Waals surface area contributed by atoms with E-state index >= 15 is 0 Å². The summed E-state index contributed by atoms with van der Waals surface area (Å²) in [6.07, 6.45) is 4.25. The number of nitrogens with one attached hydrogen (secondary N) is 1. The minimum Gasteiger partial charge on any atom is -0.347 e. The van der Waals surface area contributed by atoms with Crippen LogP contribution in [0.25, 0.3) is 0 Å². The van der Waals surface area contributed by atoms with Crippen molar-refractivity contribution >= 4 is 11.8 Å². The van der Waals surface area contributed by atoms with Crippen LogP contribution >= 0.6 is 0 Å². The SMILES string of the molecule is O=C(CN1CCCCCC1=O)NC(Cc1ccccc1)c1ccccc1. The maximum Gasteiger partial charge on any atom is 0.240 e. The Morgan fingerprint density at radius 2 is 1.65 bits per heavy atom. The molecule has 0 spiro atoms. The zero-order valence-electron chi connectivity index (χ0n) is 15.1. The van der Waals surface area contributed by atoms with Crippen LogP contribution in [0.3, 0.4) is 0 Å². The van der Waals surface area contributed by atoms with E-state index in [-0.39, 0.29) is 24.4 Å². The first-order valence-corrected chi connectivity index (χ1v) is 9.38. The lowest BCUT2D eigenvalue weighted by Gasteiger charge is -2.24. The average molecular weight is 350 g/mol. The summed E-state index contributed by atoms with van der Waals surface area (Å²) < 4.78 is 0. The van der Waals surface area contributed by atoms with E-state index in [1.165, 1.54) is 5.56 Å². The molecule has 1 aliphatic rings. The summed E-state index contributed by atoms with van der Waals surface area (Å²) in [7, 11) is 0. The molecule has 2 amide bonds. The number of hydrogen-bond acceptors (Lipinski definition) is 2. The van der Waals surface area contributed by atoms with Crippen LogP contribution in [-0.4, -0.2) is 29.8 Å². The summed E-state index contributed by atoms with van der Waals surface area (Å²) >= 11 is 0. The number of carbonyl (C=O) groups is 2. The molecule has 1 aliphatic heterocycles. The molecule has 1 fully saturated rings. The first-order valence-electron chi connectivity index (χ1n) is 9.38. The Hall–Kier alpha value is -2.62. The number of likely N-dealkylation sites (tertiary alicyclic amines) is 1. The van der Waals surface area contributed by atoms with Crippen LogP contribution in [0, 0.1) is 0 Å². The lowest BCUT2D eigenvalue weighted by molar-refractivity contribution is -0.135. The molecular formula is C22H26N2O2. The maximum atomic E-state index is 12.6. The second kappa shape index (κ2) is 9.18. The van der Waals surface area contributed by atoms with Gasteiger partial charge in [-0.2, -0.15) is 0 Å². The van der Waals surface area contributed by atoms with E-state index < -0.39 is 0 Å². The molecule has 4 heteroatoms. The number of hydrogen-bond donors (Lipinski definition) is 1. The van der Waals surface area contributed by atoms with Gasteiger partial charge in [-0.3, -0.25) is 9.59 Å². The van der Waals surface area contributed by atoms with Crippen LogP contribution in [0.5, 0.6) is 0 Å². The Labute approximate surface area is 155 Å². The summed E-state index contributed by atoms with van der Waals surface area (Å²) in [5.74, 6) is 0.00186. The van der Waals surface area contributed by atoms with Gasteiger partial charge in [-0.15, -0.1) is 0 Å². The molecule has 1 N–H and O–H groups in total. The molecule has 2 aromatic carbocycles. The molecule has 2 aromatic rings. The number of rotatable bonds is 6. The monoisotopic (exact) mass is 350 g/mol. The molecule has 0 radical (unpaired) electrons.